The molecule has 3 rings (SSSR count). The number of aromatic nitrogens is 1. The van der Waals surface area contributed by atoms with E-state index in [4.69, 9.17) is 12.2 Å². The third-order valence-electron chi connectivity index (χ3n) is 4.15. The van der Waals surface area contributed by atoms with Gasteiger partial charge in [-0.15, -0.1) is 0 Å². The largest absolute Gasteiger partial charge is 0.358 e. The van der Waals surface area contributed by atoms with Crippen LogP contribution in [0, 0.1) is 6.92 Å². The number of para-hydroxylation sites is 1. The fourth-order valence-corrected chi connectivity index (χ4v) is 4.45. The van der Waals surface area contributed by atoms with Crippen LogP contribution in [0.1, 0.15) is 35.8 Å². The number of thiocarbonyl (C=S) groups is 1. The number of carbonyl (C=O) groups is 1. The third-order valence-corrected chi connectivity index (χ3v) is 5.73. The second-order valence-electron chi connectivity index (χ2n) is 5.75. The minimum absolute atomic E-state index is 0.154. The molecular formula is C17H20N2OS2. The Balaban J connectivity index is 1.79. The molecule has 0 unspecified atom stereocenters. The van der Waals surface area contributed by atoms with Crippen LogP contribution in [0.4, 0.5) is 0 Å². The number of aromatic amines is 1. The number of nitrogens with one attached hydrogen (secondary N) is 1. The van der Waals surface area contributed by atoms with Gasteiger partial charge in [0.25, 0.3) is 0 Å². The number of likely N-dealkylation sites (tertiary alicyclic amines) is 1. The predicted octanol–water partition coefficient (Wildman–Crippen LogP) is 4.16. The van der Waals surface area contributed by atoms with Gasteiger partial charge in [0.05, 0.1) is 5.25 Å². The predicted molar refractivity (Wildman–Crippen MR) is 97.8 cm³/mol. The lowest BCUT2D eigenvalue weighted by Gasteiger charge is -2.20. The summed E-state index contributed by atoms with van der Waals surface area (Å²) in [5, 5.41) is 0.843. The van der Waals surface area contributed by atoms with Gasteiger partial charge in [0, 0.05) is 35.2 Å². The van der Waals surface area contributed by atoms with Gasteiger partial charge in [-0.25, -0.2) is 0 Å². The van der Waals surface area contributed by atoms with Crippen LogP contribution in [0.15, 0.2) is 24.3 Å². The van der Waals surface area contributed by atoms with E-state index in [0.717, 1.165) is 39.6 Å². The fourth-order valence-electron chi connectivity index (χ4n) is 2.98. The van der Waals surface area contributed by atoms with Crippen molar-refractivity contribution in [2.24, 2.45) is 0 Å². The molecule has 1 atom stereocenters. The van der Waals surface area contributed by atoms with Crippen LogP contribution in [0.5, 0.6) is 0 Å². The molecule has 1 aromatic heterocycles. The summed E-state index contributed by atoms with van der Waals surface area (Å²) in [6, 6.07) is 7.96. The molecule has 1 aromatic carbocycles. The second-order valence-corrected chi connectivity index (χ2v) is 7.73. The van der Waals surface area contributed by atoms with E-state index in [2.05, 4.69) is 9.88 Å². The number of hydrogen-bond acceptors (Lipinski definition) is 3. The Morgan fingerprint density at radius 1 is 1.32 bits per heavy atom. The maximum Gasteiger partial charge on any atom is 0.178 e. The summed E-state index contributed by atoms with van der Waals surface area (Å²) in [7, 11) is 0. The number of carbonyl (C=O) groups excluding carboxylic acids is 1. The van der Waals surface area contributed by atoms with Gasteiger partial charge in [0.1, 0.15) is 4.32 Å². The van der Waals surface area contributed by atoms with Crippen LogP contribution in [-0.2, 0) is 0 Å². The average molecular weight is 332 g/mol. The first-order chi connectivity index (χ1) is 10.6. The lowest BCUT2D eigenvalue weighted by atomic mass is 10.1. The number of Topliss-reactive ketones (excluding diaryl/α,β-unsaturated/α-hetero) is 1. The summed E-state index contributed by atoms with van der Waals surface area (Å²) < 4.78 is 0.857. The Morgan fingerprint density at radius 3 is 2.73 bits per heavy atom. The molecule has 0 saturated carbocycles. The lowest BCUT2D eigenvalue weighted by molar-refractivity contribution is 0.0995. The van der Waals surface area contributed by atoms with E-state index in [1.54, 1.807) is 0 Å². The summed E-state index contributed by atoms with van der Waals surface area (Å²) in [6.45, 7) is 5.97. The summed E-state index contributed by atoms with van der Waals surface area (Å²) >= 11 is 7.01. The molecule has 1 saturated heterocycles. The van der Waals surface area contributed by atoms with Crippen LogP contribution in [-0.4, -0.2) is 38.3 Å². The van der Waals surface area contributed by atoms with Gasteiger partial charge in [0.2, 0.25) is 0 Å². The molecule has 1 fully saturated rings. The lowest BCUT2D eigenvalue weighted by Crippen LogP contribution is -2.27. The van der Waals surface area contributed by atoms with E-state index in [1.165, 1.54) is 24.6 Å². The van der Waals surface area contributed by atoms with Crippen molar-refractivity contribution in [2.45, 2.75) is 31.9 Å². The van der Waals surface area contributed by atoms with Crippen molar-refractivity contribution >= 4 is 45.0 Å². The zero-order valence-corrected chi connectivity index (χ0v) is 14.5. The molecule has 2 aromatic rings. The van der Waals surface area contributed by atoms with Crippen molar-refractivity contribution in [1.29, 1.82) is 0 Å². The number of H-pyrrole nitrogens is 1. The molecular weight excluding hydrogens is 312 g/mol. The third kappa shape index (κ3) is 2.92. The molecule has 0 spiro atoms. The van der Waals surface area contributed by atoms with Crippen LogP contribution < -0.4 is 0 Å². The zero-order valence-electron chi connectivity index (χ0n) is 12.9. The number of fused-ring (bicyclic) bond motifs is 1. The van der Waals surface area contributed by atoms with E-state index in [0.29, 0.717) is 0 Å². The van der Waals surface area contributed by atoms with Crippen molar-refractivity contribution in [3.63, 3.8) is 0 Å². The van der Waals surface area contributed by atoms with Crippen molar-refractivity contribution in [1.82, 2.24) is 9.88 Å². The fraction of sp³-hybridized carbons (Fsp3) is 0.412. The van der Waals surface area contributed by atoms with Crippen LogP contribution in [0.2, 0.25) is 0 Å². The Morgan fingerprint density at radius 2 is 2.00 bits per heavy atom. The average Bonchev–Trinajstić information content (AvgIpc) is 3.13. The van der Waals surface area contributed by atoms with Gasteiger partial charge in [-0.05, 0) is 32.8 Å². The van der Waals surface area contributed by atoms with Gasteiger partial charge < -0.3 is 9.88 Å². The molecule has 1 N–H and O–H groups in total. The van der Waals surface area contributed by atoms with E-state index < -0.39 is 0 Å². The SMILES string of the molecule is Cc1[nH]c2ccccc2c1C(=O)[C@H](C)SC(=S)N1CCCC1. The number of thioether (sulfide) groups is 1. The molecule has 3 nitrogen and oxygen atoms in total. The molecule has 0 amide bonds. The van der Waals surface area contributed by atoms with Crippen molar-refractivity contribution < 1.29 is 4.79 Å². The highest BCUT2D eigenvalue weighted by Crippen LogP contribution is 2.28. The first-order valence-corrected chi connectivity index (χ1v) is 8.94. The Bertz CT molecular complexity index is 717. The number of aryl methyl sites for hydroxylation is 1. The van der Waals surface area contributed by atoms with E-state index >= 15 is 0 Å². The monoisotopic (exact) mass is 332 g/mol. The standard InChI is InChI=1S/C17H20N2OS2/c1-11-15(13-7-3-4-8-14(13)18-11)16(20)12(2)22-17(21)19-9-5-6-10-19/h3-4,7-8,12,18H,5-6,9-10H2,1-2H3/t12-/m0/s1. The van der Waals surface area contributed by atoms with Crippen molar-refractivity contribution in [2.75, 3.05) is 13.1 Å². The smallest absolute Gasteiger partial charge is 0.178 e. The van der Waals surface area contributed by atoms with Gasteiger partial charge in [0.15, 0.2) is 5.78 Å². The number of hydrogen-bond donors (Lipinski definition) is 1. The number of ketones is 1. The second kappa shape index (κ2) is 6.42. The molecule has 1 aliphatic rings. The highest BCUT2D eigenvalue weighted by molar-refractivity contribution is 8.23. The van der Waals surface area contributed by atoms with Crippen molar-refractivity contribution in [3.8, 4) is 0 Å². The van der Waals surface area contributed by atoms with E-state index in [9.17, 15) is 4.79 Å². The Kier molecular flexibility index (Phi) is 4.54. The van der Waals surface area contributed by atoms with Crippen molar-refractivity contribution in [3.05, 3.63) is 35.5 Å². The summed E-state index contributed by atoms with van der Waals surface area (Å²) in [5.41, 5.74) is 2.76. The molecule has 0 radical (unpaired) electrons. The molecule has 0 aliphatic carbocycles. The van der Waals surface area contributed by atoms with Gasteiger partial charge in [-0.2, -0.15) is 0 Å². The number of benzene rings is 1. The topological polar surface area (TPSA) is 36.1 Å². The minimum Gasteiger partial charge on any atom is -0.358 e. The van der Waals surface area contributed by atoms with Gasteiger partial charge >= 0.3 is 0 Å². The van der Waals surface area contributed by atoms with Gasteiger partial charge in [-0.3, -0.25) is 4.79 Å². The highest BCUT2D eigenvalue weighted by atomic mass is 32.2. The highest BCUT2D eigenvalue weighted by Gasteiger charge is 2.25. The summed E-state index contributed by atoms with van der Waals surface area (Å²) in [4.78, 5) is 18.4. The van der Waals surface area contributed by atoms with Crippen LogP contribution >= 0.6 is 24.0 Å². The van der Waals surface area contributed by atoms with Gasteiger partial charge in [-0.1, -0.05) is 42.2 Å². The van der Waals surface area contributed by atoms with E-state index in [1.807, 2.05) is 38.1 Å². The minimum atomic E-state index is -0.161. The molecule has 22 heavy (non-hydrogen) atoms. The Labute approximate surface area is 140 Å². The zero-order chi connectivity index (χ0) is 15.7. The summed E-state index contributed by atoms with van der Waals surface area (Å²) in [6.07, 6.45) is 2.40. The maximum absolute atomic E-state index is 12.9. The Hall–Kier alpha value is -1.33. The molecule has 116 valence electrons. The number of rotatable bonds is 3. The molecule has 2 heterocycles. The van der Waals surface area contributed by atoms with Crippen LogP contribution in [0.3, 0.4) is 0 Å². The first kappa shape index (κ1) is 15.6. The quantitative estimate of drug-likeness (QED) is 0.676. The maximum atomic E-state index is 12.9. The first-order valence-electron chi connectivity index (χ1n) is 7.65. The molecule has 5 heteroatoms. The molecule has 0 bridgehead atoms. The number of nitrogens with zero attached hydrogens (tertiary/aromatic N) is 1. The normalized spacial score (nSPS) is 16.2. The van der Waals surface area contributed by atoms with E-state index in [-0.39, 0.29) is 11.0 Å². The molecule has 1 aliphatic heterocycles. The summed E-state index contributed by atoms with van der Waals surface area (Å²) in [5.74, 6) is 0.154. The van der Waals surface area contributed by atoms with Crippen LogP contribution in [0.25, 0.3) is 10.9 Å².